The first-order valence-electron chi connectivity index (χ1n) is 3.17. The average Bonchev–Trinajstić information content (AvgIpc) is 1.89. The lowest BCUT2D eigenvalue weighted by Gasteiger charge is -2.06. The van der Waals surface area contributed by atoms with Crippen LogP contribution < -0.4 is 5.90 Å². The van der Waals surface area contributed by atoms with Crippen LogP contribution in [0.25, 0.3) is 0 Å². The number of carbonyl (C=O) groups excluding carboxylic acids is 1. The van der Waals surface area contributed by atoms with E-state index < -0.39 is 0 Å². The molecule has 0 saturated heterocycles. The molecule has 0 bridgehead atoms. The number of esters is 1. The second kappa shape index (κ2) is 5.20. The number of rotatable bonds is 4. The molecule has 10 heavy (non-hydrogen) atoms. The Morgan fingerprint density at radius 3 is 2.70 bits per heavy atom. The summed E-state index contributed by atoms with van der Waals surface area (Å²) in [6, 6.07) is 0. The van der Waals surface area contributed by atoms with Crippen molar-refractivity contribution < 1.29 is 14.4 Å². The van der Waals surface area contributed by atoms with Gasteiger partial charge in [0.1, 0.15) is 0 Å². The molecule has 4 nitrogen and oxygen atoms in total. The highest BCUT2D eigenvalue weighted by atomic mass is 16.6. The van der Waals surface area contributed by atoms with Gasteiger partial charge in [0.2, 0.25) is 0 Å². The number of ether oxygens (including phenoxy) is 1. The summed E-state index contributed by atoms with van der Waals surface area (Å²) in [4.78, 5) is 14.8. The zero-order valence-corrected chi connectivity index (χ0v) is 6.22. The second-order valence-corrected chi connectivity index (χ2v) is 1.96. The number of nitrogens with one attached hydrogen (secondary N) is 1. The van der Waals surface area contributed by atoms with E-state index in [4.69, 9.17) is 5.90 Å². The molecular weight excluding hydrogens is 134 g/mol. The maximum absolute atomic E-state index is 10.7. The molecule has 1 atom stereocenters. The summed E-state index contributed by atoms with van der Waals surface area (Å²) in [7, 11) is 0. The minimum Gasteiger partial charge on any atom is -0.466 e. The van der Waals surface area contributed by atoms with Crippen LogP contribution in [0.5, 0.6) is 0 Å². The van der Waals surface area contributed by atoms with Crippen molar-refractivity contribution in [2.45, 2.75) is 13.8 Å². The Kier molecular flexibility index (Phi) is 4.88. The molecule has 0 fully saturated rings. The standard InChI is InChI=1S/C6H12NO3/c1-3-9-6(8)5(2)4-10-7/h5,7H,3-4H2,1-2H3. The van der Waals surface area contributed by atoms with Gasteiger partial charge < -0.3 is 4.74 Å². The molecule has 1 N–H and O–H groups in total. The fourth-order valence-electron chi connectivity index (χ4n) is 0.478. The molecule has 0 aromatic heterocycles. The number of hydrogen-bond acceptors (Lipinski definition) is 3. The van der Waals surface area contributed by atoms with E-state index in [0.717, 1.165) is 0 Å². The van der Waals surface area contributed by atoms with Crippen molar-refractivity contribution in [3.63, 3.8) is 0 Å². The molecule has 0 rings (SSSR count). The van der Waals surface area contributed by atoms with Gasteiger partial charge in [-0.1, -0.05) is 0 Å². The molecular formula is C6H12NO3. The molecule has 0 amide bonds. The summed E-state index contributed by atoms with van der Waals surface area (Å²) >= 11 is 0. The normalized spacial score (nSPS) is 12.7. The van der Waals surface area contributed by atoms with Gasteiger partial charge >= 0.3 is 5.97 Å². The molecule has 1 radical (unpaired) electrons. The maximum Gasteiger partial charge on any atom is 0.311 e. The Labute approximate surface area is 60.2 Å². The Balaban J connectivity index is 3.49. The number of hydrogen-bond donors (Lipinski definition) is 0. The van der Waals surface area contributed by atoms with E-state index in [1.54, 1.807) is 13.8 Å². The van der Waals surface area contributed by atoms with E-state index in [9.17, 15) is 4.79 Å². The quantitative estimate of drug-likeness (QED) is 0.426. The fraction of sp³-hybridized carbons (Fsp3) is 0.833. The lowest BCUT2D eigenvalue weighted by molar-refractivity contribution is -0.149. The average molecular weight is 146 g/mol. The first kappa shape index (κ1) is 9.39. The molecule has 0 aromatic carbocycles. The van der Waals surface area contributed by atoms with Crippen molar-refractivity contribution in [3.8, 4) is 0 Å². The molecule has 59 valence electrons. The van der Waals surface area contributed by atoms with Crippen LogP contribution in [-0.2, 0) is 14.4 Å². The minimum absolute atomic E-state index is 0.0961. The van der Waals surface area contributed by atoms with Crippen molar-refractivity contribution in [2.75, 3.05) is 13.2 Å². The molecule has 0 aliphatic carbocycles. The summed E-state index contributed by atoms with van der Waals surface area (Å²) < 4.78 is 4.65. The van der Waals surface area contributed by atoms with Gasteiger partial charge in [0.25, 0.3) is 0 Å². The topological polar surface area (TPSA) is 59.3 Å². The largest absolute Gasteiger partial charge is 0.466 e. The van der Waals surface area contributed by atoms with Gasteiger partial charge in [-0.3, -0.25) is 9.63 Å². The molecule has 0 saturated carbocycles. The van der Waals surface area contributed by atoms with E-state index in [1.807, 2.05) is 0 Å². The Morgan fingerprint density at radius 2 is 2.30 bits per heavy atom. The van der Waals surface area contributed by atoms with Gasteiger partial charge in [0.15, 0.2) is 0 Å². The summed E-state index contributed by atoms with van der Waals surface area (Å²) in [6.45, 7) is 3.87. The zero-order valence-electron chi connectivity index (χ0n) is 6.22. The lowest BCUT2D eigenvalue weighted by atomic mass is 10.2. The van der Waals surface area contributed by atoms with E-state index >= 15 is 0 Å². The summed E-state index contributed by atoms with van der Waals surface area (Å²) in [6.07, 6.45) is 0. The maximum atomic E-state index is 10.7. The van der Waals surface area contributed by atoms with E-state index in [1.165, 1.54) is 0 Å². The molecule has 0 aliphatic rings. The highest BCUT2D eigenvalue weighted by Gasteiger charge is 2.12. The predicted octanol–water partition coefficient (Wildman–Crippen LogP) is 0.400. The second-order valence-electron chi connectivity index (χ2n) is 1.96. The van der Waals surface area contributed by atoms with Crippen LogP contribution in [-0.4, -0.2) is 19.2 Å². The van der Waals surface area contributed by atoms with Crippen LogP contribution >= 0.6 is 0 Å². The van der Waals surface area contributed by atoms with Crippen LogP contribution in [0.15, 0.2) is 0 Å². The van der Waals surface area contributed by atoms with Crippen LogP contribution in [0.2, 0.25) is 0 Å². The van der Waals surface area contributed by atoms with E-state index in [0.29, 0.717) is 6.61 Å². The molecule has 0 heterocycles. The Hall–Kier alpha value is -0.610. The lowest BCUT2D eigenvalue weighted by Crippen LogP contribution is -2.19. The summed E-state index contributed by atoms with van der Waals surface area (Å²) in [5, 5.41) is 0. The summed E-state index contributed by atoms with van der Waals surface area (Å²) in [5.74, 6) is 5.70. The molecule has 1 unspecified atom stereocenters. The van der Waals surface area contributed by atoms with Gasteiger partial charge in [-0.2, -0.15) is 0 Å². The van der Waals surface area contributed by atoms with Crippen molar-refractivity contribution >= 4 is 5.97 Å². The van der Waals surface area contributed by atoms with Crippen molar-refractivity contribution in [3.05, 3.63) is 0 Å². The third-order valence-corrected chi connectivity index (χ3v) is 1.02. The van der Waals surface area contributed by atoms with Gasteiger partial charge in [-0.05, 0) is 13.8 Å². The van der Waals surface area contributed by atoms with Crippen LogP contribution in [0, 0.1) is 5.92 Å². The third-order valence-electron chi connectivity index (χ3n) is 1.02. The third kappa shape index (κ3) is 3.42. The first-order chi connectivity index (χ1) is 4.72. The fourth-order valence-corrected chi connectivity index (χ4v) is 0.478. The van der Waals surface area contributed by atoms with E-state index in [2.05, 4.69) is 9.57 Å². The van der Waals surface area contributed by atoms with E-state index in [-0.39, 0.29) is 18.5 Å². The van der Waals surface area contributed by atoms with Crippen LogP contribution in [0.1, 0.15) is 13.8 Å². The smallest absolute Gasteiger partial charge is 0.311 e. The Morgan fingerprint density at radius 1 is 1.70 bits per heavy atom. The minimum atomic E-state index is -0.336. The predicted molar refractivity (Wildman–Crippen MR) is 34.8 cm³/mol. The highest BCUT2D eigenvalue weighted by Crippen LogP contribution is 1.97. The van der Waals surface area contributed by atoms with Crippen molar-refractivity contribution in [2.24, 2.45) is 5.92 Å². The van der Waals surface area contributed by atoms with Crippen molar-refractivity contribution in [1.82, 2.24) is 5.90 Å². The molecule has 0 aromatic rings. The monoisotopic (exact) mass is 146 g/mol. The molecule has 0 spiro atoms. The van der Waals surface area contributed by atoms with Gasteiger partial charge in [-0.15, -0.1) is 5.90 Å². The molecule has 4 heteroatoms. The van der Waals surface area contributed by atoms with Crippen LogP contribution in [0.4, 0.5) is 0 Å². The van der Waals surface area contributed by atoms with Crippen LogP contribution in [0.3, 0.4) is 0 Å². The zero-order chi connectivity index (χ0) is 7.98. The Bertz CT molecular complexity index is 105. The molecule has 0 aliphatic heterocycles. The van der Waals surface area contributed by atoms with Gasteiger partial charge in [0, 0.05) is 0 Å². The first-order valence-corrected chi connectivity index (χ1v) is 3.17. The van der Waals surface area contributed by atoms with Crippen molar-refractivity contribution in [1.29, 1.82) is 0 Å². The number of carbonyl (C=O) groups is 1. The van der Waals surface area contributed by atoms with Gasteiger partial charge in [0.05, 0.1) is 19.1 Å². The highest BCUT2D eigenvalue weighted by molar-refractivity contribution is 5.72. The van der Waals surface area contributed by atoms with Gasteiger partial charge in [-0.25, -0.2) is 0 Å². The SMILES string of the molecule is CCOC(=O)C(C)CO[NH]. The summed E-state index contributed by atoms with van der Waals surface area (Å²) in [5.41, 5.74) is 0.